The highest BCUT2D eigenvalue weighted by Crippen LogP contribution is 2.15. The number of rotatable bonds is 5. The topological polar surface area (TPSA) is 41.3 Å². The highest BCUT2D eigenvalue weighted by molar-refractivity contribution is 5.20. The fraction of sp³-hybridized carbons (Fsp3) is 0.800. The number of aromatic nitrogens is 1. The molecule has 108 valence electrons. The van der Waals surface area contributed by atoms with Gasteiger partial charge in [0.25, 0.3) is 0 Å². The molecule has 0 atom stereocenters. The highest BCUT2D eigenvalue weighted by Gasteiger charge is 2.20. The SMILES string of the molecule is Cc1noc(C)c1CNC1CCN(CC(C)C)CC1. The normalized spacial score (nSPS) is 18.4. The summed E-state index contributed by atoms with van der Waals surface area (Å²) in [5.74, 6) is 1.72. The first-order valence-electron chi connectivity index (χ1n) is 7.43. The van der Waals surface area contributed by atoms with Crippen molar-refractivity contribution in [2.24, 2.45) is 5.92 Å². The number of nitrogens with zero attached hydrogens (tertiary/aromatic N) is 2. The Morgan fingerprint density at radius 3 is 2.53 bits per heavy atom. The van der Waals surface area contributed by atoms with Crippen molar-refractivity contribution in [3.05, 3.63) is 17.0 Å². The number of aryl methyl sites for hydroxylation is 2. The van der Waals surface area contributed by atoms with E-state index in [1.807, 2.05) is 13.8 Å². The predicted octanol–water partition coefficient (Wildman–Crippen LogP) is 2.50. The minimum absolute atomic E-state index is 0.636. The van der Waals surface area contributed by atoms with Gasteiger partial charge in [0, 0.05) is 24.7 Å². The largest absolute Gasteiger partial charge is 0.361 e. The maximum absolute atomic E-state index is 5.20. The summed E-state index contributed by atoms with van der Waals surface area (Å²) in [5.41, 5.74) is 2.24. The Morgan fingerprint density at radius 1 is 1.32 bits per heavy atom. The van der Waals surface area contributed by atoms with Crippen LogP contribution in [0.2, 0.25) is 0 Å². The van der Waals surface area contributed by atoms with E-state index in [2.05, 4.69) is 29.2 Å². The predicted molar refractivity (Wildman–Crippen MR) is 77.1 cm³/mol. The van der Waals surface area contributed by atoms with E-state index in [1.165, 1.54) is 38.0 Å². The van der Waals surface area contributed by atoms with Crippen LogP contribution >= 0.6 is 0 Å². The molecule has 1 saturated heterocycles. The van der Waals surface area contributed by atoms with Gasteiger partial charge in [-0.3, -0.25) is 0 Å². The zero-order valence-corrected chi connectivity index (χ0v) is 12.7. The van der Waals surface area contributed by atoms with Gasteiger partial charge >= 0.3 is 0 Å². The number of hydrogen-bond acceptors (Lipinski definition) is 4. The van der Waals surface area contributed by atoms with Gasteiger partial charge in [-0.2, -0.15) is 0 Å². The molecule has 0 aliphatic carbocycles. The van der Waals surface area contributed by atoms with E-state index in [9.17, 15) is 0 Å². The van der Waals surface area contributed by atoms with E-state index in [4.69, 9.17) is 4.52 Å². The molecule has 0 aromatic carbocycles. The van der Waals surface area contributed by atoms with Crippen molar-refractivity contribution in [3.8, 4) is 0 Å². The summed E-state index contributed by atoms with van der Waals surface area (Å²) in [4.78, 5) is 2.58. The van der Waals surface area contributed by atoms with Crippen LogP contribution in [0, 0.1) is 19.8 Å². The smallest absolute Gasteiger partial charge is 0.138 e. The minimum atomic E-state index is 0.636. The molecule has 1 fully saturated rings. The van der Waals surface area contributed by atoms with Crippen molar-refractivity contribution in [1.82, 2.24) is 15.4 Å². The third-order valence-corrected chi connectivity index (χ3v) is 3.96. The molecule has 0 radical (unpaired) electrons. The summed E-state index contributed by atoms with van der Waals surface area (Å²) < 4.78 is 5.20. The Kier molecular flexibility index (Phi) is 4.99. The molecule has 4 nitrogen and oxygen atoms in total. The van der Waals surface area contributed by atoms with Crippen LogP contribution in [-0.2, 0) is 6.54 Å². The molecule has 4 heteroatoms. The van der Waals surface area contributed by atoms with Gasteiger partial charge in [0.2, 0.25) is 0 Å². The third kappa shape index (κ3) is 4.05. The van der Waals surface area contributed by atoms with Crippen molar-refractivity contribution >= 4 is 0 Å². The van der Waals surface area contributed by atoms with Crippen LogP contribution < -0.4 is 5.32 Å². The zero-order chi connectivity index (χ0) is 13.8. The van der Waals surface area contributed by atoms with E-state index >= 15 is 0 Å². The summed E-state index contributed by atoms with van der Waals surface area (Å²) in [6, 6.07) is 0.636. The summed E-state index contributed by atoms with van der Waals surface area (Å²) >= 11 is 0. The maximum atomic E-state index is 5.20. The molecule has 2 rings (SSSR count). The number of nitrogens with one attached hydrogen (secondary N) is 1. The lowest BCUT2D eigenvalue weighted by Crippen LogP contribution is -2.43. The third-order valence-electron chi connectivity index (χ3n) is 3.96. The molecule has 1 aliphatic rings. The summed E-state index contributed by atoms with van der Waals surface area (Å²) in [6.07, 6.45) is 2.49. The second-order valence-electron chi connectivity index (χ2n) is 6.15. The first-order valence-corrected chi connectivity index (χ1v) is 7.43. The van der Waals surface area contributed by atoms with E-state index in [1.54, 1.807) is 0 Å². The molecule has 0 unspecified atom stereocenters. The maximum Gasteiger partial charge on any atom is 0.138 e. The quantitative estimate of drug-likeness (QED) is 0.888. The van der Waals surface area contributed by atoms with Crippen molar-refractivity contribution in [2.75, 3.05) is 19.6 Å². The van der Waals surface area contributed by atoms with Crippen LogP contribution in [0.3, 0.4) is 0 Å². The first kappa shape index (κ1) is 14.5. The number of hydrogen-bond donors (Lipinski definition) is 1. The van der Waals surface area contributed by atoms with Crippen LogP contribution in [0.15, 0.2) is 4.52 Å². The second kappa shape index (κ2) is 6.53. The monoisotopic (exact) mass is 265 g/mol. The van der Waals surface area contributed by atoms with Crippen molar-refractivity contribution in [3.63, 3.8) is 0 Å². The van der Waals surface area contributed by atoms with E-state index in [0.717, 1.165) is 23.9 Å². The summed E-state index contributed by atoms with van der Waals surface area (Å²) in [6.45, 7) is 13.1. The molecule has 19 heavy (non-hydrogen) atoms. The lowest BCUT2D eigenvalue weighted by atomic mass is 10.0. The van der Waals surface area contributed by atoms with E-state index < -0.39 is 0 Å². The highest BCUT2D eigenvalue weighted by atomic mass is 16.5. The van der Waals surface area contributed by atoms with E-state index in [-0.39, 0.29) is 0 Å². The molecule has 1 aromatic heterocycles. The van der Waals surface area contributed by atoms with Gasteiger partial charge in [-0.1, -0.05) is 19.0 Å². The first-order chi connectivity index (χ1) is 9.06. The molecule has 1 N–H and O–H groups in total. The molecule has 2 heterocycles. The minimum Gasteiger partial charge on any atom is -0.361 e. The molecule has 0 amide bonds. The number of likely N-dealkylation sites (tertiary alicyclic amines) is 1. The summed E-state index contributed by atoms with van der Waals surface area (Å²) in [5, 5.41) is 7.65. The molecule has 0 saturated carbocycles. The van der Waals surface area contributed by atoms with Crippen molar-refractivity contribution < 1.29 is 4.52 Å². The second-order valence-corrected chi connectivity index (χ2v) is 6.15. The van der Waals surface area contributed by atoms with Gasteiger partial charge in [0.15, 0.2) is 0 Å². The summed E-state index contributed by atoms with van der Waals surface area (Å²) in [7, 11) is 0. The molecular formula is C15H27N3O. The standard InChI is InChI=1S/C15H27N3O/c1-11(2)10-18-7-5-14(6-8-18)16-9-15-12(3)17-19-13(15)4/h11,14,16H,5-10H2,1-4H3. The molecule has 1 aliphatic heterocycles. The molecule has 0 spiro atoms. The van der Waals surface area contributed by atoms with Crippen LogP contribution in [0.1, 0.15) is 43.7 Å². The van der Waals surface area contributed by atoms with Gasteiger partial charge in [-0.25, -0.2) is 0 Å². The Labute approximate surface area is 116 Å². The van der Waals surface area contributed by atoms with Crippen molar-refractivity contribution in [2.45, 2.75) is 53.1 Å². The number of piperidine rings is 1. The molecule has 1 aromatic rings. The van der Waals surface area contributed by atoms with Crippen LogP contribution in [0.4, 0.5) is 0 Å². The average molecular weight is 265 g/mol. The Balaban J connectivity index is 1.74. The molecular weight excluding hydrogens is 238 g/mol. The van der Waals surface area contributed by atoms with Gasteiger partial charge in [0.1, 0.15) is 5.76 Å². The van der Waals surface area contributed by atoms with Crippen molar-refractivity contribution in [1.29, 1.82) is 0 Å². The lowest BCUT2D eigenvalue weighted by Gasteiger charge is -2.33. The zero-order valence-electron chi connectivity index (χ0n) is 12.7. The van der Waals surface area contributed by atoms with Gasteiger partial charge in [-0.15, -0.1) is 0 Å². The Hall–Kier alpha value is -0.870. The van der Waals surface area contributed by atoms with Gasteiger partial charge in [0.05, 0.1) is 5.69 Å². The lowest BCUT2D eigenvalue weighted by molar-refractivity contribution is 0.179. The van der Waals surface area contributed by atoms with Crippen LogP contribution in [-0.4, -0.2) is 35.7 Å². The Bertz CT molecular complexity index is 373. The van der Waals surface area contributed by atoms with Crippen LogP contribution in [0.5, 0.6) is 0 Å². The fourth-order valence-corrected chi connectivity index (χ4v) is 2.84. The van der Waals surface area contributed by atoms with Gasteiger partial charge < -0.3 is 14.7 Å². The van der Waals surface area contributed by atoms with Crippen LogP contribution in [0.25, 0.3) is 0 Å². The Morgan fingerprint density at radius 2 is 2.00 bits per heavy atom. The fourth-order valence-electron chi connectivity index (χ4n) is 2.84. The van der Waals surface area contributed by atoms with E-state index in [0.29, 0.717) is 6.04 Å². The van der Waals surface area contributed by atoms with Gasteiger partial charge in [-0.05, 0) is 45.7 Å². The average Bonchev–Trinajstić information content (AvgIpc) is 2.68. The molecule has 0 bridgehead atoms.